The zero-order valence-corrected chi connectivity index (χ0v) is 13.3. The Bertz CT molecular complexity index is 617. The molecular weight excluding hydrogens is 310 g/mol. The van der Waals surface area contributed by atoms with Gasteiger partial charge in [0.25, 0.3) is 5.69 Å². The fourth-order valence-electron chi connectivity index (χ4n) is 1.82. The second kappa shape index (κ2) is 6.95. The molecule has 0 unspecified atom stereocenters. The Labute approximate surface area is 130 Å². The van der Waals surface area contributed by atoms with Crippen molar-refractivity contribution in [3.05, 3.63) is 33.4 Å². The number of nitro groups is 1. The summed E-state index contributed by atoms with van der Waals surface area (Å²) in [6, 6.07) is 3.10. The summed E-state index contributed by atoms with van der Waals surface area (Å²) in [7, 11) is 0. The van der Waals surface area contributed by atoms with Gasteiger partial charge < -0.3 is 5.32 Å². The van der Waals surface area contributed by atoms with Gasteiger partial charge in [0.2, 0.25) is 5.91 Å². The van der Waals surface area contributed by atoms with E-state index < -0.39 is 4.92 Å². The highest BCUT2D eigenvalue weighted by atomic mass is 32.2. The molecule has 8 heteroatoms. The maximum Gasteiger partial charge on any atom is 0.293 e. The normalized spacial score (nSPS) is 13.9. The van der Waals surface area contributed by atoms with E-state index in [2.05, 4.69) is 10.3 Å². The molecule has 0 spiro atoms. The Balaban J connectivity index is 2.09. The van der Waals surface area contributed by atoms with Crippen molar-refractivity contribution in [2.75, 3.05) is 23.4 Å². The SMILES string of the molecule is Cc1ccc([N+](=O)[O-])c(NC(=O)CSC2=NCCS2)c1C. The Kier molecular flexibility index (Phi) is 5.24. The summed E-state index contributed by atoms with van der Waals surface area (Å²) in [4.78, 5) is 26.8. The van der Waals surface area contributed by atoms with Crippen LogP contribution in [-0.4, -0.2) is 33.3 Å². The molecule has 0 saturated carbocycles. The second-order valence-electron chi connectivity index (χ2n) is 4.49. The lowest BCUT2D eigenvalue weighted by Crippen LogP contribution is -2.17. The Morgan fingerprint density at radius 1 is 1.52 bits per heavy atom. The van der Waals surface area contributed by atoms with Gasteiger partial charge in [-0.2, -0.15) is 0 Å². The standard InChI is InChI=1S/C13H15N3O3S2/c1-8-3-4-10(16(18)19)12(9(8)2)15-11(17)7-21-13-14-5-6-20-13/h3-4H,5-7H2,1-2H3,(H,15,17). The van der Waals surface area contributed by atoms with Crippen LogP contribution in [0.1, 0.15) is 11.1 Å². The smallest absolute Gasteiger partial charge is 0.293 e. The van der Waals surface area contributed by atoms with Crippen LogP contribution in [0.15, 0.2) is 17.1 Å². The zero-order valence-electron chi connectivity index (χ0n) is 11.7. The molecule has 0 bridgehead atoms. The first-order valence-electron chi connectivity index (χ1n) is 6.33. The molecule has 0 radical (unpaired) electrons. The van der Waals surface area contributed by atoms with Crippen LogP contribution >= 0.6 is 23.5 Å². The van der Waals surface area contributed by atoms with Gasteiger partial charge in [-0.05, 0) is 25.0 Å². The van der Waals surface area contributed by atoms with E-state index >= 15 is 0 Å². The average Bonchev–Trinajstić information content (AvgIpc) is 2.94. The number of nitrogens with zero attached hydrogens (tertiary/aromatic N) is 2. The van der Waals surface area contributed by atoms with Gasteiger partial charge in [-0.3, -0.25) is 19.9 Å². The Morgan fingerprint density at radius 3 is 2.90 bits per heavy atom. The van der Waals surface area contributed by atoms with E-state index in [1.807, 2.05) is 6.92 Å². The van der Waals surface area contributed by atoms with E-state index in [0.717, 1.165) is 27.8 Å². The third-order valence-corrected chi connectivity index (χ3v) is 5.31. The molecule has 0 aromatic heterocycles. The van der Waals surface area contributed by atoms with Gasteiger partial charge in [-0.15, -0.1) is 0 Å². The first-order valence-corrected chi connectivity index (χ1v) is 8.30. The van der Waals surface area contributed by atoms with Crippen molar-refractivity contribution in [2.24, 2.45) is 4.99 Å². The monoisotopic (exact) mass is 325 g/mol. The summed E-state index contributed by atoms with van der Waals surface area (Å²) in [6.45, 7) is 4.41. The van der Waals surface area contributed by atoms with Crippen molar-refractivity contribution in [1.82, 2.24) is 0 Å². The summed E-state index contributed by atoms with van der Waals surface area (Å²) in [6.07, 6.45) is 0. The van der Waals surface area contributed by atoms with Gasteiger partial charge >= 0.3 is 0 Å². The molecule has 6 nitrogen and oxygen atoms in total. The molecule has 1 aromatic rings. The number of aliphatic imine (C=N–C) groups is 1. The number of carbonyl (C=O) groups excluding carboxylic acids is 1. The minimum Gasteiger partial charge on any atom is -0.319 e. The minimum absolute atomic E-state index is 0.0796. The molecule has 112 valence electrons. The van der Waals surface area contributed by atoms with E-state index in [0.29, 0.717) is 0 Å². The number of carbonyl (C=O) groups is 1. The maximum atomic E-state index is 12.0. The molecule has 0 fully saturated rings. The van der Waals surface area contributed by atoms with E-state index in [-0.39, 0.29) is 23.0 Å². The van der Waals surface area contributed by atoms with Crippen molar-refractivity contribution in [1.29, 1.82) is 0 Å². The third-order valence-electron chi connectivity index (χ3n) is 3.06. The van der Waals surface area contributed by atoms with E-state index in [1.54, 1.807) is 24.8 Å². The number of thioether (sulfide) groups is 2. The van der Waals surface area contributed by atoms with Crippen LogP contribution in [0.2, 0.25) is 0 Å². The molecule has 2 rings (SSSR count). The highest BCUT2D eigenvalue weighted by Gasteiger charge is 2.20. The molecule has 1 heterocycles. The van der Waals surface area contributed by atoms with Gasteiger partial charge in [-0.1, -0.05) is 29.6 Å². The first kappa shape index (κ1) is 15.8. The number of benzene rings is 1. The number of aryl methyl sites for hydroxylation is 1. The summed E-state index contributed by atoms with van der Waals surface area (Å²) < 4.78 is 0.903. The molecule has 1 N–H and O–H groups in total. The predicted octanol–water partition coefficient (Wildman–Crippen LogP) is 2.99. The van der Waals surface area contributed by atoms with Gasteiger partial charge in [0, 0.05) is 11.8 Å². The number of hydrogen-bond acceptors (Lipinski definition) is 6. The number of anilines is 1. The Morgan fingerprint density at radius 2 is 2.29 bits per heavy atom. The number of rotatable bonds is 4. The van der Waals surface area contributed by atoms with Gasteiger partial charge in [0.15, 0.2) is 0 Å². The number of hydrogen-bond donors (Lipinski definition) is 1. The Hall–Kier alpha value is -1.54. The average molecular weight is 325 g/mol. The highest BCUT2D eigenvalue weighted by molar-refractivity contribution is 8.39. The van der Waals surface area contributed by atoms with Gasteiger partial charge in [0.05, 0.1) is 17.2 Å². The molecule has 1 aromatic carbocycles. The van der Waals surface area contributed by atoms with Crippen LogP contribution in [0, 0.1) is 24.0 Å². The zero-order chi connectivity index (χ0) is 15.4. The molecule has 0 aliphatic carbocycles. The summed E-state index contributed by atoms with van der Waals surface area (Å²) >= 11 is 3.00. The lowest BCUT2D eigenvalue weighted by molar-refractivity contribution is -0.384. The summed E-state index contributed by atoms with van der Waals surface area (Å²) in [5.74, 6) is 0.898. The second-order valence-corrected chi connectivity index (χ2v) is 6.80. The fourth-order valence-corrected chi connectivity index (χ4v) is 3.63. The third kappa shape index (κ3) is 3.98. The van der Waals surface area contributed by atoms with Gasteiger partial charge in [0.1, 0.15) is 10.1 Å². The number of nitrogens with one attached hydrogen (secondary N) is 1. The van der Waals surface area contributed by atoms with Crippen LogP contribution in [0.3, 0.4) is 0 Å². The summed E-state index contributed by atoms with van der Waals surface area (Å²) in [5, 5.41) is 13.7. The molecular formula is C13H15N3O3S2. The molecule has 0 saturated heterocycles. The first-order chi connectivity index (χ1) is 9.99. The van der Waals surface area contributed by atoms with Gasteiger partial charge in [-0.25, -0.2) is 0 Å². The van der Waals surface area contributed by atoms with E-state index in [1.165, 1.54) is 17.8 Å². The molecule has 1 aliphatic rings. The molecule has 21 heavy (non-hydrogen) atoms. The fraction of sp³-hybridized carbons (Fsp3) is 0.385. The topological polar surface area (TPSA) is 84.6 Å². The van der Waals surface area contributed by atoms with Crippen molar-refractivity contribution in [3.63, 3.8) is 0 Å². The molecule has 0 atom stereocenters. The van der Waals surface area contributed by atoms with Crippen LogP contribution in [0.5, 0.6) is 0 Å². The number of nitro benzene ring substituents is 1. The van der Waals surface area contributed by atoms with E-state index in [9.17, 15) is 14.9 Å². The highest BCUT2D eigenvalue weighted by Crippen LogP contribution is 2.30. The lowest BCUT2D eigenvalue weighted by Gasteiger charge is -2.10. The van der Waals surface area contributed by atoms with Crippen LogP contribution in [0.4, 0.5) is 11.4 Å². The maximum absolute atomic E-state index is 12.0. The van der Waals surface area contributed by atoms with E-state index in [4.69, 9.17) is 0 Å². The van der Waals surface area contributed by atoms with Crippen LogP contribution in [0.25, 0.3) is 0 Å². The van der Waals surface area contributed by atoms with Crippen molar-refractivity contribution in [2.45, 2.75) is 13.8 Å². The number of amides is 1. The van der Waals surface area contributed by atoms with Crippen molar-refractivity contribution < 1.29 is 9.72 Å². The quantitative estimate of drug-likeness (QED) is 0.679. The minimum atomic E-state index is -0.480. The molecule has 1 aliphatic heterocycles. The summed E-state index contributed by atoms with van der Waals surface area (Å²) in [5.41, 5.74) is 1.82. The van der Waals surface area contributed by atoms with Crippen LogP contribution in [-0.2, 0) is 4.79 Å². The van der Waals surface area contributed by atoms with Crippen molar-refractivity contribution >= 4 is 45.2 Å². The predicted molar refractivity (Wildman–Crippen MR) is 88.4 cm³/mol. The van der Waals surface area contributed by atoms with Crippen LogP contribution < -0.4 is 5.32 Å². The largest absolute Gasteiger partial charge is 0.319 e. The lowest BCUT2D eigenvalue weighted by atomic mass is 10.1. The van der Waals surface area contributed by atoms with Crippen molar-refractivity contribution in [3.8, 4) is 0 Å². The molecule has 1 amide bonds.